The summed E-state index contributed by atoms with van der Waals surface area (Å²) < 4.78 is 7.37. The first-order chi connectivity index (χ1) is 9.22. The van der Waals surface area contributed by atoms with Crippen molar-refractivity contribution in [2.45, 2.75) is 25.9 Å². The van der Waals surface area contributed by atoms with Crippen LogP contribution in [-0.4, -0.2) is 33.7 Å². The summed E-state index contributed by atoms with van der Waals surface area (Å²) in [6, 6.07) is 6.39. The van der Waals surface area contributed by atoms with Gasteiger partial charge in [0.1, 0.15) is 6.33 Å². The molecule has 0 spiro atoms. The summed E-state index contributed by atoms with van der Waals surface area (Å²) in [4.78, 5) is 0. The molecule has 0 amide bonds. The number of benzene rings is 1. The van der Waals surface area contributed by atoms with Crippen molar-refractivity contribution < 1.29 is 4.74 Å². The molecule has 0 aliphatic heterocycles. The van der Waals surface area contributed by atoms with E-state index < -0.39 is 0 Å². The Morgan fingerprint density at radius 1 is 1.32 bits per heavy atom. The predicted octanol–water partition coefficient (Wildman–Crippen LogP) is 3.01. The molecule has 0 aliphatic carbocycles. The zero-order valence-corrected chi connectivity index (χ0v) is 12.4. The standard InChI is InChI=1S/C14H19N3OS/c1-4-18-7-8-19-14-16-15-10-17(14)13-6-5-11(2)9-12(13)3/h5-6,9-10H,4,7-8H2,1-3H3. The SMILES string of the molecule is CCOCCSc1nncn1-c1ccc(C)cc1C. The molecule has 1 aromatic heterocycles. The van der Waals surface area contributed by atoms with E-state index in [1.165, 1.54) is 11.1 Å². The normalized spacial score (nSPS) is 10.9. The smallest absolute Gasteiger partial charge is 0.195 e. The maximum Gasteiger partial charge on any atom is 0.195 e. The Morgan fingerprint density at radius 2 is 2.16 bits per heavy atom. The number of aromatic nitrogens is 3. The summed E-state index contributed by atoms with van der Waals surface area (Å²) >= 11 is 1.67. The molecule has 0 bridgehead atoms. The van der Waals surface area contributed by atoms with Crippen molar-refractivity contribution in [1.82, 2.24) is 14.8 Å². The lowest BCUT2D eigenvalue weighted by molar-refractivity contribution is 0.164. The van der Waals surface area contributed by atoms with Crippen molar-refractivity contribution in [2.75, 3.05) is 19.0 Å². The van der Waals surface area contributed by atoms with Crippen molar-refractivity contribution in [3.8, 4) is 5.69 Å². The number of hydrogen-bond donors (Lipinski definition) is 0. The average molecular weight is 277 g/mol. The molecule has 0 saturated heterocycles. The van der Waals surface area contributed by atoms with Crippen molar-refractivity contribution >= 4 is 11.8 Å². The lowest BCUT2D eigenvalue weighted by Gasteiger charge is -2.10. The first-order valence-electron chi connectivity index (χ1n) is 6.40. The lowest BCUT2D eigenvalue weighted by atomic mass is 10.1. The third-order valence-electron chi connectivity index (χ3n) is 2.79. The van der Waals surface area contributed by atoms with Crippen LogP contribution in [0.2, 0.25) is 0 Å². The molecular weight excluding hydrogens is 258 g/mol. The Labute approximate surface area is 118 Å². The molecule has 19 heavy (non-hydrogen) atoms. The highest BCUT2D eigenvalue weighted by Gasteiger charge is 2.09. The maximum atomic E-state index is 5.34. The Kier molecular flexibility index (Phi) is 4.99. The highest BCUT2D eigenvalue weighted by Crippen LogP contribution is 2.22. The molecule has 0 unspecified atom stereocenters. The van der Waals surface area contributed by atoms with Gasteiger partial charge < -0.3 is 4.74 Å². The molecule has 4 nitrogen and oxygen atoms in total. The molecule has 5 heteroatoms. The van der Waals surface area contributed by atoms with Crippen LogP contribution >= 0.6 is 11.8 Å². The van der Waals surface area contributed by atoms with Crippen LogP contribution in [0.4, 0.5) is 0 Å². The zero-order valence-electron chi connectivity index (χ0n) is 11.6. The molecule has 0 aliphatic rings. The topological polar surface area (TPSA) is 39.9 Å². The molecule has 0 radical (unpaired) electrons. The Morgan fingerprint density at radius 3 is 2.89 bits per heavy atom. The number of thioether (sulfide) groups is 1. The van der Waals surface area contributed by atoms with Gasteiger partial charge in [0.15, 0.2) is 5.16 Å². The molecule has 0 fully saturated rings. The molecule has 0 N–H and O–H groups in total. The van der Waals surface area contributed by atoms with E-state index in [1.54, 1.807) is 18.1 Å². The highest BCUT2D eigenvalue weighted by molar-refractivity contribution is 7.99. The van der Waals surface area contributed by atoms with E-state index in [1.807, 2.05) is 11.5 Å². The van der Waals surface area contributed by atoms with E-state index in [4.69, 9.17) is 4.74 Å². The van der Waals surface area contributed by atoms with E-state index in [0.717, 1.165) is 29.8 Å². The van der Waals surface area contributed by atoms with Gasteiger partial charge in [-0.25, -0.2) is 0 Å². The van der Waals surface area contributed by atoms with Gasteiger partial charge in [0.25, 0.3) is 0 Å². The molecular formula is C14H19N3OS. The Balaban J connectivity index is 2.14. The van der Waals surface area contributed by atoms with E-state index in [9.17, 15) is 0 Å². The van der Waals surface area contributed by atoms with Crippen LogP contribution in [0, 0.1) is 13.8 Å². The minimum Gasteiger partial charge on any atom is -0.381 e. The van der Waals surface area contributed by atoms with Crippen LogP contribution in [0.15, 0.2) is 29.7 Å². The number of hydrogen-bond acceptors (Lipinski definition) is 4. The highest BCUT2D eigenvalue weighted by atomic mass is 32.2. The molecule has 2 rings (SSSR count). The van der Waals surface area contributed by atoms with Crippen LogP contribution in [0.1, 0.15) is 18.1 Å². The Bertz CT molecular complexity index is 539. The van der Waals surface area contributed by atoms with E-state index >= 15 is 0 Å². The summed E-state index contributed by atoms with van der Waals surface area (Å²) in [7, 11) is 0. The summed E-state index contributed by atoms with van der Waals surface area (Å²) in [6.45, 7) is 7.70. The molecule has 0 saturated carbocycles. The summed E-state index contributed by atoms with van der Waals surface area (Å²) in [5, 5.41) is 9.10. The fraction of sp³-hybridized carbons (Fsp3) is 0.429. The van der Waals surface area contributed by atoms with Crippen LogP contribution in [0.5, 0.6) is 0 Å². The van der Waals surface area contributed by atoms with Gasteiger partial charge in [0.2, 0.25) is 0 Å². The van der Waals surface area contributed by atoms with E-state index in [0.29, 0.717) is 0 Å². The summed E-state index contributed by atoms with van der Waals surface area (Å²) in [5.74, 6) is 0.886. The van der Waals surface area contributed by atoms with Gasteiger partial charge in [-0.2, -0.15) is 0 Å². The van der Waals surface area contributed by atoms with E-state index in [-0.39, 0.29) is 0 Å². The minimum absolute atomic E-state index is 0.737. The Hall–Kier alpha value is -1.33. The van der Waals surface area contributed by atoms with Crippen molar-refractivity contribution in [3.05, 3.63) is 35.7 Å². The monoisotopic (exact) mass is 277 g/mol. The number of aryl methyl sites for hydroxylation is 2. The fourth-order valence-corrected chi connectivity index (χ4v) is 2.67. The van der Waals surface area contributed by atoms with Gasteiger partial charge in [-0.1, -0.05) is 29.5 Å². The lowest BCUT2D eigenvalue weighted by Crippen LogP contribution is -2.01. The van der Waals surface area contributed by atoms with Crippen LogP contribution in [-0.2, 0) is 4.74 Å². The number of nitrogens with zero attached hydrogens (tertiary/aromatic N) is 3. The maximum absolute atomic E-state index is 5.34. The molecule has 1 heterocycles. The van der Waals surface area contributed by atoms with Crippen LogP contribution in [0.25, 0.3) is 5.69 Å². The van der Waals surface area contributed by atoms with Gasteiger partial charge in [-0.05, 0) is 32.4 Å². The third-order valence-corrected chi connectivity index (χ3v) is 3.70. The second kappa shape index (κ2) is 6.73. The van der Waals surface area contributed by atoms with Gasteiger partial charge in [-0.3, -0.25) is 4.57 Å². The molecule has 2 aromatic rings. The largest absolute Gasteiger partial charge is 0.381 e. The van der Waals surface area contributed by atoms with Gasteiger partial charge in [0, 0.05) is 12.4 Å². The van der Waals surface area contributed by atoms with Crippen molar-refractivity contribution in [1.29, 1.82) is 0 Å². The fourth-order valence-electron chi connectivity index (χ4n) is 1.90. The summed E-state index contributed by atoms with van der Waals surface area (Å²) in [6.07, 6.45) is 1.76. The number of ether oxygens (including phenoxy) is 1. The molecule has 1 aromatic carbocycles. The van der Waals surface area contributed by atoms with Gasteiger partial charge >= 0.3 is 0 Å². The minimum atomic E-state index is 0.737. The zero-order chi connectivity index (χ0) is 13.7. The molecule has 102 valence electrons. The van der Waals surface area contributed by atoms with E-state index in [2.05, 4.69) is 42.2 Å². The van der Waals surface area contributed by atoms with Gasteiger partial charge in [-0.15, -0.1) is 10.2 Å². The van der Waals surface area contributed by atoms with Crippen LogP contribution in [0.3, 0.4) is 0 Å². The first-order valence-corrected chi connectivity index (χ1v) is 7.39. The second-order valence-electron chi connectivity index (χ2n) is 4.32. The first kappa shape index (κ1) is 14.1. The predicted molar refractivity (Wildman–Crippen MR) is 78.1 cm³/mol. The summed E-state index contributed by atoms with van der Waals surface area (Å²) in [5.41, 5.74) is 3.63. The molecule has 0 atom stereocenters. The van der Waals surface area contributed by atoms with Gasteiger partial charge in [0.05, 0.1) is 12.3 Å². The second-order valence-corrected chi connectivity index (χ2v) is 5.38. The average Bonchev–Trinajstić information content (AvgIpc) is 2.83. The van der Waals surface area contributed by atoms with Crippen molar-refractivity contribution in [3.63, 3.8) is 0 Å². The third kappa shape index (κ3) is 3.58. The number of rotatable bonds is 6. The van der Waals surface area contributed by atoms with Crippen LogP contribution < -0.4 is 0 Å². The van der Waals surface area contributed by atoms with Crippen molar-refractivity contribution in [2.24, 2.45) is 0 Å². The quantitative estimate of drug-likeness (QED) is 0.601.